The number of halogens is 1. The largest absolute Gasteiger partial charge is 0.506 e. The molecule has 0 radical (unpaired) electrons. The highest BCUT2D eigenvalue weighted by Gasteiger charge is 2.09. The molecule has 0 aromatic heterocycles. The molecule has 4 heteroatoms. The molecule has 0 aliphatic carbocycles. The Labute approximate surface area is 127 Å². The summed E-state index contributed by atoms with van der Waals surface area (Å²) >= 11 is 3.32. The third-order valence-corrected chi connectivity index (χ3v) is 3.90. The minimum Gasteiger partial charge on any atom is -0.506 e. The number of phenolic OH excluding ortho intramolecular Hbond substituents is 1. The highest BCUT2D eigenvalue weighted by atomic mass is 79.9. The number of phenols is 1. The molecule has 0 saturated carbocycles. The number of hydrogen-bond donors (Lipinski definition) is 2. The number of benzene rings is 2. The van der Waals surface area contributed by atoms with Crippen LogP contribution in [0.15, 0.2) is 46.9 Å². The summed E-state index contributed by atoms with van der Waals surface area (Å²) in [6, 6.07) is 13.8. The van der Waals surface area contributed by atoms with Crippen molar-refractivity contribution in [3.8, 4) is 11.5 Å². The van der Waals surface area contributed by atoms with E-state index in [0.717, 1.165) is 16.9 Å². The Kier molecular flexibility index (Phi) is 5.04. The van der Waals surface area contributed by atoms with Crippen LogP contribution in [0.5, 0.6) is 11.5 Å². The van der Waals surface area contributed by atoms with Crippen LogP contribution in [0.2, 0.25) is 0 Å². The average molecular weight is 336 g/mol. The summed E-state index contributed by atoms with van der Waals surface area (Å²) in [6.07, 6.45) is 0. The zero-order valence-electron chi connectivity index (χ0n) is 11.6. The van der Waals surface area contributed by atoms with Crippen molar-refractivity contribution in [1.82, 2.24) is 5.32 Å². The van der Waals surface area contributed by atoms with E-state index in [-0.39, 0.29) is 11.8 Å². The zero-order chi connectivity index (χ0) is 14.5. The van der Waals surface area contributed by atoms with Crippen LogP contribution < -0.4 is 10.1 Å². The van der Waals surface area contributed by atoms with Gasteiger partial charge in [0.15, 0.2) is 0 Å². The lowest BCUT2D eigenvalue weighted by molar-refractivity contribution is 0.413. The minimum absolute atomic E-state index is 0.170. The molecule has 1 atom stereocenters. The highest BCUT2D eigenvalue weighted by molar-refractivity contribution is 9.10. The number of aromatic hydroxyl groups is 1. The van der Waals surface area contributed by atoms with Gasteiger partial charge < -0.3 is 15.2 Å². The zero-order valence-corrected chi connectivity index (χ0v) is 13.1. The van der Waals surface area contributed by atoms with Gasteiger partial charge in [-0.25, -0.2) is 0 Å². The van der Waals surface area contributed by atoms with E-state index in [1.807, 2.05) is 36.4 Å². The van der Waals surface area contributed by atoms with Crippen LogP contribution in [-0.4, -0.2) is 12.2 Å². The number of nitrogens with one attached hydrogen (secondary N) is 1. The Hall–Kier alpha value is -1.52. The summed E-state index contributed by atoms with van der Waals surface area (Å²) < 4.78 is 5.94. The first kappa shape index (κ1) is 14.9. The van der Waals surface area contributed by atoms with E-state index < -0.39 is 0 Å². The number of para-hydroxylation sites is 1. The van der Waals surface area contributed by atoms with E-state index in [0.29, 0.717) is 11.0 Å². The standard InChI is InChI=1S/C16H18BrNO2/c1-11(12-5-3-7-14(9-12)20-2)18-10-13-6-4-8-15(17)16(13)19/h3-9,11,18-19H,10H2,1-2H3/t11-/m1/s1. The van der Waals surface area contributed by atoms with Crippen LogP contribution in [-0.2, 0) is 6.54 Å². The Morgan fingerprint density at radius 1 is 1.25 bits per heavy atom. The third-order valence-electron chi connectivity index (χ3n) is 3.26. The maximum absolute atomic E-state index is 9.96. The first-order valence-electron chi connectivity index (χ1n) is 6.45. The number of ether oxygens (including phenoxy) is 1. The van der Waals surface area contributed by atoms with E-state index in [1.165, 1.54) is 0 Å². The number of hydrogen-bond acceptors (Lipinski definition) is 3. The summed E-state index contributed by atoms with van der Waals surface area (Å²) in [7, 11) is 1.66. The molecular weight excluding hydrogens is 318 g/mol. The maximum Gasteiger partial charge on any atom is 0.134 e. The third kappa shape index (κ3) is 3.52. The maximum atomic E-state index is 9.96. The molecule has 0 unspecified atom stereocenters. The molecule has 0 heterocycles. The van der Waals surface area contributed by atoms with E-state index in [4.69, 9.17) is 4.74 Å². The monoisotopic (exact) mass is 335 g/mol. The molecule has 0 aliphatic heterocycles. The van der Waals surface area contributed by atoms with E-state index in [2.05, 4.69) is 34.2 Å². The molecule has 20 heavy (non-hydrogen) atoms. The Balaban J connectivity index is 2.04. The summed E-state index contributed by atoms with van der Waals surface area (Å²) in [6.45, 7) is 2.69. The molecule has 2 aromatic carbocycles. The molecule has 0 amide bonds. The Morgan fingerprint density at radius 2 is 2.00 bits per heavy atom. The molecule has 106 valence electrons. The van der Waals surface area contributed by atoms with Crippen molar-refractivity contribution < 1.29 is 9.84 Å². The second-order valence-corrected chi connectivity index (χ2v) is 5.48. The van der Waals surface area contributed by atoms with Crippen molar-refractivity contribution in [3.63, 3.8) is 0 Å². The predicted molar refractivity (Wildman–Crippen MR) is 84.1 cm³/mol. The molecule has 0 fully saturated rings. The first-order valence-corrected chi connectivity index (χ1v) is 7.25. The van der Waals surface area contributed by atoms with E-state index in [9.17, 15) is 5.11 Å². The number of methoxy groups -OCH3 is 1. The molecular formula is C16H18BrNO2. The Bertz CT molecular complexity index is 586. The fraction of sp³-hybridized carbons (Fsp3) is 0.250. The predicted octanol–water partition coefficient (Wildman–Crippen LogP) is 4.01. The van der Waals surface area contributed by atoms with Gasteiger partial charge in [-0.1, -0.05) is 24.3 Å². The second kappa shape index (κ2) is 6.77. The van der Waals surface area contributed by atoms with Gasteiger partial charge in [-0.15, -0.1) is 0 Å². The van der Waals surface area contributed by atoms with Crippen LogP contribution in [0.3, 0.4) is 0 Å². The molecule has 0 aliphatic rings. The lowest BCUT2D eigenvalue weighted by Gasteiger charge is -2.16. The van der Waals surface area contributed by atoms with Gasteiger partial charge in [0, 0.05) is 18.2 Å². The van der Waals surface area contributed by atoms with Crippen LogP contribution >= 0.6 is 15.9 Å². The van der Waals surface area contributed by atoms with Crippen LogP contribution in [0.25, 0.3) is 0 Å². The second-order valence-electron chi connectivity index (χ2n) is 4.63. The van der Waals surface area contributed by atoms with Gasteiger partial charge in [-0.05, 0) is 46.6 Å². The van der Waals surface area contributed by atoms with Crippen molar-refractivity contribution in [2.45, 2.75) is 19.5 Å². The average Bonchev–Trinajstić information content (AvgIpc) is 2.48. The summed E-state index contributed by atoms with van der Waals surface area (Å²) in [5.74, 6) is 1.14. The van der Waals surface area contributed by atoms with Gasteiger partial charge in [0.25, 0.3) is 0 Å². The van der Waals surface area contributed by atoms with Crippen molar-refractivity contribution in [3.05, 3.63) is 58.1 Å². The molecule has 2 rings (SSSR count). The van der Waals surface area contributed by atoms with Gasteiger partial charge in [0.1, 0.15) is 11.5 Å². The van der Waals surface area contributed by atoms with Gasteiger partial charge in [0.05, 0.1) is 11.6 Å². The minimum atomic E-state index is 0.170. The fourth-order valence-corrected chi connectivity index (χ4v) is 2.40. The van der Waals surface area contributed by atoms with Gasteiger partial charge >= 0.3 is 0 Å². The molecule has 2 aromatic rings. The molecule has 3 nitrogen and oxygen atoms in total. The topological polar surface area (TPSA) is 41.5 Å². The van der Waals surface area contributed by atoms with Crippen molar-refractivity contribution >= 4 is 15.9 Å². The lowest BCUT2D eigenvalue weighted by atomic mass is 10.1. The summed E-state index contributed by atoms with van der Waals surface area (Å²) in [5, 5.41) is 13.4. The Morgan fingerprint density at radius 3 is 2.75 bits per heavy atom. The van der Waals surface area contributed by atoms with Crippen molar-refractivity contribution in [1.29, 1.82) is 0 Å². The van der Waals surface area contributed by atoms with Crippen molar-refractivity contribution in [2.24, 2.45) is 0 Å². The summed E-state index contributed by atoms with van der Waals surface area (Å²) in [5.41, 5.74) is 2.02. The highest BCUT2D eigenvalue weighted by Crippen LogP contribution is 2.28. The van der Waals surface area contributed by atoms with Crippen LogP contribution in [0.1, 0.15) is 24.1 Å². The number of rotatable bonds is 5. The van der Waals surface area contributed by atoms with Crippen LogP contribution in [0, 0.1) is 0 Å². The SMILES string of the molecule is COc1cccc([C@@H](C)NCc2cccc(Br)c2O)c1. The molecule has 0 bridgehead atoms. The normalized spacial score (nSPS) is 12.2. The quantitative estimate of drug-likeness (QED) is 0.867. The van der Waals surface area contributed by atoms with Crippen LogP contribution in [0.4, 0.5) is 0 Å². The van der Waals surface area contributed by atoms with E-state index >= 15 is 0 Å². The molecule has 0 spiro atoms. The molecule has 2 N–H and O–H groups in total. The molecule has 0 saturated heterocycles. The fourth-order valence-electron chi connectivity index (χ4n) is 1.99. The lowest BCUT2D eigenvalue weighted by Crippen LogP contribution is -2.18. The van der Waals surface area contributed by atoms with E-state index in [1.54, 1.807) is 7.11 Å². The van der Waals surface area contributed by atoms with Gasteiger partial charge in [-0.3, -0.25) is 0 Å². The van der Waals surface area contributed by atoms with Gasteiger partial charge in [0.2, 0.25) is 0 Å². The summed E-state index contributed by atoms with van der Waals surface area (Å²) in [4.78, 5) is 0. The van der Waals surface area contributed by atoms with Crippen molar-refractivity contribution in [2.75, 3.05) is 7.11 Å². The first-order chi connectivity index (χ1) is 9.61. The smallest absolute Gasteiger partial charge is 0.134 e. The van der Waals surface area contributed by atoms with Gasteiger partial charge in [-0.2, -0.15) is 0 Å².